The lowest BCUT2D eigenvalue weighted by Crippen LogP contribution is -2.37. The molecule has 0 heterocycles. The van der Waals surface area contributed by atoms with E-state index in [1.165, 1.54) is 23.2 Å². The van der Waals surface area contributed by atoms with E-state index in [0.717, 1.165) is 6.04 Å². The van der Waals surface area contributed by atoms with Crippen LogP contribution in [-0.2, 0) is 4.43 Å². The Balaban J connectivity index is 2.38. The number of hydrogen-bond acceptors (Lipinski definition) is 1. The molecule has 0 amide bonds. The molecule has 0 saturated carbocycles. The molecule has 112 valence electrons. The molecule has 2 aromatic rings. The summed E-state index contributed by atoms with van der Waals surface area (Å²) in [6, 6.07) is 25.2. The van der Waals surface area contributed by atoms with Gasteiger partial charge in [0.25, 0.3) is 0 Å². The van der Waals surface area contributed by atoms with Crippen LogP contribution >= 0.6 is 0 Å². The fourth-order valence-corrected chi connectivity index (χ4v) is 6.12. The van der Waals surface area contributed by atoms with Crippen molar-refractivity contribution in [2.75, 3.05) is 7.11 Å². The van der Waals surface area contributed by atoms with Gasteiger partial charge in [-0.15, -0.1) is 0 Å². The van der Waals surface area contributed by atoms with E-state index in [1.807, 2.05) is 7.11 Å². The molecule has 0 aliphatic carbocycles. The molecular weight excluding hydrogens is 272 g/mol. The van der Waals surface area contributed by atoms with Crippen LogP contribution in [0, 0.1) is 0 Å². The van der Waals surface area contributed by atoms with Gasteiger partial charge in [0, 0.05) is 13.0 Å². The maximum absolute atomic E-state index is 6.05. The number of hydrogen-bond donors (Lipinski definition) is 0. The third-order valence-electron chi connectivity index (χ3n) is 4.70. The first-order chi connectivity index (χ1) is 10.2. The van der Waals surface area contributed by atoms with Crippen LogP contribution in [0.15, 0.2) is 60.7 Å². The van der Waals surface area contributed by atoms with Crippen molar-refractivity contribution < 1.29 is 4.43 Å². The molecule has 0 unspecified atom stereocenters. The minimum atomic E-state index is -1.65. The molecule has 0 radical (unpaired) electrons. The van der Waals surface area contributed by atoms with Crippen molar-refractivity contribution in [3.8, 4) is 0 Å². The van der Waals surface area contributed by atoms with Gasteiger partial charge < -0.3 is 4.43 Å². The summed E-state index contributed by atoms with van der Waals surface area (Å²) in [5.41, 5.74) is 2.80. The maximum atomic E-state index is 6.05. The smallest absolute Gasteiger partial charge is 0.192 e. The Labute approximate surface area is 130 Å². The van der Waals surface area contributed by atoms with Crippen LogP contribution in [0.5, 0.6) is 0 Å². The van der Waals surface area contributed by atoms with Gasteiger partial charge in [-0.05, 0) is 29.3 Å². The van der Waals surface area contributed by atoms with E-state index in [-0.39, 0.29) is 0 Å². The Hall–Kier alpha value is -1.38. The van der Waals surface area contributed by atoms with Crippen molar-refractivity contribution in [2.45, 2.75) is 37.9 Å². The second-order valence-corrected chi connectivity index (χ2v) is 10.3. The first-order valence-electron chi connectivity index (χ1n) is 7.89. The normalized spacial score (nSPS) is 11.8. The lowest BCUT2D eigenvalue weighted by atomic mass is 9.93. The van der Waals surface area contributed by atoms with Gasteiger partial charge in [-0.1, -0.05) is 74.5 Å². The summed E-state index contributed by atoms with van der Waals surface area (Å²) in [4.78, 5) is 0. The highest BCUT2D eigenvalue weighted by Gasteiger charge is 2.34. The lowest BCUT2D eigenvalue weighted by Gasteiger charge is -2.32. The summed E-state index contributed by atoms with van der Waals surface area (Å²) in [5, 5.41) is 0. The van der Waals surface area contributed by atoms with Crippen molar-refractivity contribution in [3.63, 3.8) is 0 Å². The standard InChI is InChI=1S/C19H26OSi/c1-4-21(5-2,20-3)16-19(17-12-8-6-9-13-17)18-14-10-7-11-15-18/h6-15,19H,4-5,16H2,1-3H3. The monoisotopic (exact) mass is 298 g/mol. The highest BCUT2D eigenvalue weighted by Crippen LogP contribution is 2.36. The maximum Gasteiger partial charge on any atom is 0.192 e. The molecular formula is C19H26OSi. The Bertz CT molecular complexity index is 472. The van der Waals surface area contributed by atoms with Gasteiger partial charge in [0.05, 0.1) is 0 Å². The molecule has 1 nitrogen and oxygen atoms in total. The lowest BCUT2D eigenvalue weighted by molar-refractivity contribution is 0.389. The van der Waals surface area contributed by atoms with Gasteiger partial charge in [-0.2, -0.15) is 0 Å². The van der Waals surface area contributed by atoms with E-state index in [0.29, 0.717) is 5.92 Å². The first-order valence-corrected chi connectivity index (χ1v) is 10.4. The highest BCUT2D eigenvalue weighted by molar-refractivity contribution is 6.73. The summed E-state index contributed by atoms with van der Waals surface area (Å²) in [6.07, 6.45) is 0. The van der Waals surface area contributed by atoms with E-state index in [2.05, 4.69) is 74.5 Å². The first kappa shape index (κ1) is 16.0. The number of rotatable bonds is 7. The summed E-state index contributed by atoms with van der Waals surface area (Å²) >= 11 is 0. The van der Waals surface area contributed by atoms with Crippen LogP contribution in [0.25, 0.3) is 0 Å². The van der Waals surface area contributed by atoms with Gasteiger partial charge in [0.2, 0.25) is 0 Å². The predicted molar refractivity (Wildman–Crippen MR) is 93.3 cm³/mol. The van der Waals surface area contributed by atoms with Crippen LogP contribution in [0.2, 0.25) is 18.1 Å². The molecule has 0 spiro atoms. The van der Waals surface area contributed by atoms with Crippen molar-refractivity contribution in [3.05, 3.63) is 71.8 Å². The summed E-state index contributed by atoms with van der Waals surface area (Å²) in [5.74, 6) is 0.443. The Morgan fingerprint density at radius 1 is 0.810 bits per heavy atom. The Morgan fingerprint density at radius 3 is 1.57 bits per heavy atom. The second kappa shape index (κ2) is 7.58. The highest BCUT2D eigenvalue weighted by atomic mass is 28.4. The van der Waals surface area contributed by atoms with E-state index < -0.39 is 8.32 Å². The fourth-order valence-electron chi connectivity index (χ4n) is 3.08. The Morgan fingerprint density at radius 2 is 1.24 bits per heavy atom. The molecule has 0 aliphatic rings. The summed E-state index contributed by atoms with van der Waals surface area (Å²) < 4.78 is 6.05. The Kier molecular flexibility index (Phi) is 5.77. The summed E-state index contributed by atoms with van der Waals surface area (Å²) in [7, 11) is 0.263. The average molecular weight is 299 g/mol. The fraction of sp³-hybridized carbons (Fsp3) is 0.368. The molecule has 0 aromatic heterocycles. The molecule has 21 heavy (non-hydrogen) atoms. The zero-order valence-electron chi connectivity index (χ0n) is 13.4. The van der Waals surface area contributed by atoms with Crippen molar-refractivity contribution in [1.82, 2.24) is 0 Å². The van der Waals surface area contributed by atoms with Gasteiger partial charge in [-0.25, -0.2) is 0 Å². The van der Waals surface area contributed by atoms with Crippen molar-refractivity contribution in [1.29, 1.82) is 0 Å². The minimum absolute atomic E-state index is 0.443. The second-order valence-electron chi connectivity index (χ2n) is 5.67. The molecule has 2 aromatic carbocycles. The molecule has 0 aliphatic heterocycles. The largest absolute Gasteiger partial charge is 0.420 e. The van der Waals surface area contributed by atoms with E-state index in [4.69, 9.17) is 4.43 Å². The van der Waals surface area contributed by atoms with Gasteiger partial charge in [0.1, 0.15) is 0 Å². The van der Waals surface area contributed by atoms with Gasteiger partial charge >= 0.3 is 0 Å². The van der Waals surface area contributed by atoms with Crippen LogP contribution in [-0.4, -0.2) is 15.4 Å². The van der Waals surface area contributed by atoms with Crippen LogP contribution in [0.3, 0.4) is 0 Å². The van der Waals surface area contributed by atoms with E-state index in [9.17, 15) is 0 Å². The molecule has 0 saturated heterocycles. The van der Waals surface area contributed by atoms with Crippen molar-refractivity contribution in [2.24, 2.45) is 0 Å². The summed E-state index contributed by atoms with van der Waals surface area (Å²) in [6.45, 7) is 4.57. The quantitative estimate of drug-likeness (QED) is 0.618. The zero-order chi connectivity index (χ0) is 15.1. The molecule has 0 atom stereocenters. The zero-order valence-corrected chi connectivity index (χ0v) is 14.4. The number of benzene rings is 2. The van der Waals surface area contributed by atoms with Crippen LogP contribution in [0.4, 0.5) is 0 Å². The molecule has 0 N–H and O–H groups in total. The molecule has 2 heteroatoms. The minimum Gasteiger partial charge on any atom is -0.420 e. The topological polar surface area (TPSA) is 9.23 Å². The van der Waals surface area contributed by atoms with Crippen LogP contribution in [0.1, 0.15) is 30.9 Å². The third kappa shape index (κ3) is 3.83. The van der Waals surface area contributed by atoms with Crippen molar-refractivity contribution >= 4 is 8.32 Å². The molecule has 2 rings (SSSR count). The van der Waals surface area contributed by atoms with Crippen LogP contribution < -0.4 is 0 Å². The van der Waals surface area contributed by atoms with Gasteiger partial charge in [0.15, 0.2) is 8.32 Å². The average Bonchev–Trinajstić information content (AvgIpc) is 2.58. The van der Waals surface area contributed by atoms with E-state index >= 15 is 0 Å². The van der Waals surface area contributed by atoms with E-state index in [1.54, 1.807) is 0 Å². The van der Waals surface area contributed by atoms with Gasteiger partial charge in [-0.3, -0.25) is 0 Å². The molecule has 0 bridgehead atoms. The SMILES string of the molecule is CC[Si](CC)(CC(c1ccccc1)c1ccccc1)OC. The molecule has 0 fully saturated rings. The predicted octanol–water partition coefficient (Wildman–Crippen LogP) is 5.45. The third-order valence-corrected chi connectivity index (χ3v) is 9.30.